The Kier molecular flexibility index (Phi) is 8.66. The van der Waals surface area contributed by atoms with Gasteiger partial charge in [0.15, 0.2) is 5.65 Å². The summed E-state index contributed by atoms with van der Waals surface area (Å²) < 4.78 is 1.46. The normalized spacial score (nSPS) is 13.9. The summed E-state index contributed by atoms with van der Waals surface area (Å²) in [5, 5.41) is 3.41. The highest BCUT2D eigenvalue weighted by Gasteiger charge is 2.24. The quantitative estimate of drug-likeness (QED) is 0.763. The summed E-state index contributed by atoms with van der Waals surface area (Å²) in [5.74, 6) is -0.119. The fourth-order valence-electron chi connectivity index (χ4n) is 3.23. The molecule has 3 heterocycles. The van der Waals surface area contributed by atoms with Crippen molar-refractivity contribution >= 4 is 41.8 Å². The summed E-state index contributed by atoms with van der Waals surface area (Å²) in [7, 11) is 0. The first-order valence-corrected chi connectivity index (χ1v) is 9.11. The number of fused-ring (bicyclic) bond motifs is 1. The van der Waals surface area contributed by atoms with Crippen LogP contribution in [0.5, 0.6) is 0 Å². The van der Waals surface area contributed by atoms with Crippen molar-refractivity contribution in [2.24, 2.45) is 0 Å². The summed E-state index contributed by atoms with van der Waals surface area (Å²) >= 11 is 0. The van der Waals surface area contributed by atoms with Crippen molar-refractivity contribution in [2.75, 3.05) is 26.2 Å². The van der Waals surface area contributed by atoms with E-state index in [4.69, 9.17) is 0 Å². The molecule has 1 aliphatic heterocycles. The number of hydrogen-bond acceptors (Lipinski definition) is 5. The number of aromatic nitrogens is 3. The van der Waals surface area contributed by atoms with Crippen molar-refractivity contribution in [2.45, 2.75) is 39.7 Å². The van der Waals surface area contributed by atoms with Crippen LogP contribution in [0.1, 0.15) is 49.2 Å². The largest absolute Gasteiger partial charge is 0.336 e. The molecule has 0 aliphatic carbocycles. The van der Waals surface area contributed by atoms with Crippen molar-refractivity contribution in [3.05, 3.63) is 38.2 Å². The minimum atomic E-state index is -0.557. The molecule has 2 N–H and O–H groups in total. The molecule has 2 aromatic rings. The number of halogens is 2. The van der Waals surface area contributed by atoms with Gasteiger partial charge in [-0.2, -0.15) is 0 Å². The summed E-state index contributed by atoms with van der Waals surface area (Å²) in [5.41, 5.74) is 0.278. The third-order valence-electron chi connectivity index (χ3n) is 4.64. The van der Waals surface area contributed by atoms with Crippen LogP contribution >= 0.6 is 24.8 Å². The maximum atomic E-state index is 13.1. The summed E-state index contributed by atoms with van der Waals surface area (Å²) in [6.07, 6.45) is 0.718. The number of H-pyrrole nitrogens is 1. The Hall–Kier alpha value is -1.90. The zero-order chi connectivity index (χ0) is 18.8. The van der Waals surface area contributed by atoms with Gasteiger partial charge in [0.1, 0.15) is 0 Å². The predicted octanol–water partition coefficient (Wildman–Crippen LogP) is 1.51. The molecule has 156 valence electrons. The Labute approximate surface area is 175 Å². The number of aryl methyl sites for hydroxylation is 1. The first-order chi connectivity index (χ1) is 12.4. The van der Waals surface area contributed by atoms with Gasteiger partial charge >= 0.3 is 5.69 Å². The van der Waals surface area contributed by atoms with Crippen LogP contribution in [-0.2, 0) is 6.54 Å². The van der Waals surface area contributed by atoms with Gasteiger partial charge in [0.25, 0.3) is 11.5 Å². The van der Waals surface area contributed by atoms with Crippen molar-refractivity contribution < 1.29 is 4.79 Å². The van der Waals surface area contributed by atoms with E-state index in [-0.39, 0.29) is 42.0 Å². The number of nitrogens with one attached hydrogen (secondary N) is 2. The van der Waals surface area contributed by atoms with E-state index in [9.17, 15) is 14.4 Å². The number of piperazine rings is 1. The first-order valence-electron chi connectivity index (χ1n) is 9.11. The fourth-order valence-corrected chi connectivity index (χ4v) is 3.23. The zero-order valence-electron chi connectivity index (χ0n) is 16.3. The van der Waals surface area contributed by atoms with Gasteiger partial charge in [-0.25, -0.2) is 9.78 Å². The molecule has 0 saturated carbocycles. The Morgan fingerprint density at radius 3 is 2.43 bits per heavy atom. The van der Waals surface area contributed by atoms with E-state index in [1.165, 1.54) is 4.57 Å². The number of carbonyl (C=O) groups is 1. The molecule has 0 radical (unpaired) electrons. The number of hydrogen-bond donors (Lipinski definition) is 2. The van der Waals surface area contributed by atoms with Gasteiger partial charge < -0.3 is 10.2 Å². The standard InChI is InChI=1S/C18H25N5O3.2ClH/c1-4-7-23-15-14(16(24)21-18(23)26)12(10-13(20-15)11(2)3)17(25)22-8-5-19-6-9-22;;/h10-11,19H,4-9H2,1-3H3,(H,21,24,26);2*1H. The highest BCUT2D eigenvalue weighted by atomic mass is 35.5. The monoisotopic (exact) mass is 431 g/mol. The average Bonchev–Trinajstić information content (AvgIpc) is 2.64. The molecule has 1 saturated heterocycles. The lowest BCUT2D eigenvalue weighted by Gasteiger charge is -2.28. The number of nitrogens with zero attached hydrogens (tertiary/aromatic N) is 3. The summed E-state index contributed by atoms with van der Waals surface area (Å²) in [6.45, 7) is 8.96. The first kappa shape index (κ1) is 24.1. The minimum absolute atomic E-state index is 0. The molecule has 1 amide bonds. The Morgan fingerprint density at radius 2 is 1.86 bits per heavy atom. The second-order valence-corrected chi connectivity index (χ2v) is 6.90. The molecule has 3 rings (SSSR count). The molecule has 0 unspecified atom stereocenters. The van der Waals surface area contributed by atoms with E-state index < -0.39 is 11.2 Å². The molecule has 1 aliphatic rings. The maximum absolute atomic E-state index is 13.1. The lowest BCUT2D eigenvalue weighted by Crippen LogP contribution is -2.46. The molecule has 8 nitrogen and oxygen atoms in total. The van der Waals surface area contributed by atoms with Crippen LogP contribution in [0.15, 0.2) is 15.7 Å². The number of amides is 1. The molecule has 0 aromatic carbocycles. The molecular formula is C18H27Cl2N5O3. The van der Waals surface area contributed by atoms with Crippen molar-refractivity contribution in [3.63, 3.8) is 0 Å². The van der Waals surface area contributed by atoms with Crippen LogP contribution < -0.4 is 16.6 Å². The Balaban J connectivity index is 0.00000196. The Morgan fingerprint density at radius 1 is 1.21 bits per heavy atom. The molecular weight excluding hydrogens is 405 g/mol. The predicted molar refractivity (Wildman–Crippen MR) is 114 cm³/mol. The van der Waals surface area contributed by atoms with Gasteiger partial charge in [-0.05, 0) is 18.4 Å². The smallest absolute Gasteiger partial charge is 0.329 e. The number of carbonyl (C=O) groups excluding carboxylic acids is 1. The molecule has 0 spiro atoms. The third kappa shape index (κ3) is 4.56. The van der Waals surface area contributed by atoms with Gasteiger partial charge in [-0.3, -0.25) is 19.1 Å². The minimum Gasteiger partial charge on any atom is -0.336 e. The summed E-state index contributed by atoms with van der Waals surface area (Å²) in [6, 6.07) is 1.70. The average molecular weight is 432 g/mol. The highest BCUT2D eigenvalue weighted by molar-refractivity contribution is 6.05. The van der Waals surface area contributed by atoms with Crippen LogP contribution in [0.2, 0.25) is 0 Å². The van der Waals surface area contributed by atoms with E-state index in [0.29, 0.717) is 36.5 Å². The topological polar surface area (TPSA) is 100 Å². The van der Waals surface area contributed by atoms with Gasteiger partial charge in [-0.15, -0.1) is 24.8 Å². The van der Waals surface area contributed by atoms with Gasteiger partial charge in [-0.1, -0.05) is 20.8 Å². The highest BCUT2D eigenvalue weighted by Crippen LogP contribution is 2.21. The van der Waals surface area contributed by atoms with Crippen molar-refractivity contribution in [3.8, 4) is 0 Å². The van der Waals surface area contributed by atoms with E-state index in [1.807, 2.05) is 20.8 Å². The van der Waals surface area contributed by atoms with Crippen LogP contribution in [0, 0.1) is 0 Å². The second kappa shape index (κ2) is 10.0. The van der Waals surface area contributed by atoms with E-state index in [0.717, 1.165) is 19.5 Å². The summed E-state index contributed by atoms with van der Waals surface area (Å²) in [4.78, 5) is 46.6. The number of pyridine rings is 1. The van der Waals surface area contributed by atoms with E-state index in [2.05, 4.69) is 15.3 Å². The van der Waals surface area contributed by atoms with E-state index in [1.54, 1.807) is 11.0 Å². The van der Waals surface area contributed by atoms with Gasteiger partial charge in [0.2, 0.25) is 0 Å². The van der Waals surface area contributed by atoms with Gasteiger partial charge in [0, 0.05) is 38.4 Å². The molecule has 2 aromatic heterocycles. The molecule has 0 bridgehead atoms. The van der Waals surface area contributed by atoms with Crippen molar-refractivity contribution in [1.29, 1.82) is 0 Å². The lowest BCUT2D eigenvalue weighted by atomic mass is 10.0. The van der Waals surface area contributed by atoms with Crippen LogP contribution in [0.4, 0.5) is 0 Å². The third-order valence-corrected chi connectivity index (χ3v) is 4.64. The van der Waals surface area contributed by atoms with Crippen LogP contribution in [-0.4, -0.2) is 51.5 Å². The molecule has 1 fully saturated rings. The zero-order valence-corrected chi connectivity index (χ0v) is 17.9. The van der Waals surface area contributed by atoms with Crippen molar-refractivity contribution in [1.82, 2.24) is 24.8 Å². The van der Waals surface area contributed by atoms with E-state index >= 15 is 0 Å². The number of rotatable bonds is 4. The lowest BCUT2D eigenvalue weighted by molar-refractivity contribution is 0.0737. The number of aromatic amines is 1. The van der Waals surface area contributed by atoms with Crippen LogP contribution in [0.3, 0.4) is 0 Å². The van der Waals surface area contributed by atoms with Crippen LogP contribution in [0.25, 0.3) is 11.0 Å². The molecule has 0 atom stereocenters. The molecule has 10 heteroatoms. The molecule has 28 heavy (non-hydrogen) atoms. The maximum Gasteiger partial charge on any atom is 0.329 e. The second-order valence-electron chi connectivity index (χ2n) is 6.90. The SMILES string of the molecule is CCCn1c(=O)[nH]c(=O)c2c(C(=O)N3CCNCC3)cc(C(C)C)nc21.Cl.Cl. The fraction of sp³-hybridized carbons (Fsp3) is 0.556. The Bertz CT molecular complexity index is 949. The van der Waals surface area contributed by atoms with Gasteiger partial charge in [0.05, 0.1) is 10.9 Å².